The maximum atomic E-state index is 10.3. The van der Waals surface area contributed by atoms with Crippen molar-refractivity contribution in [2.24, 2.45) is 21.7 Å². The number of aliphatic hydroxyl groups excluding tert-OH is 1. The Hall–Kier alpha value is -0.0200. The summed E-state index contributed by atoms with van der Waals surface area (Å²) in [5.41, 5.74) is 1.18. The van der Waals surface area contributed by atoms with Gasteiger partial charge in [-0.2, -0.15) is 0 Å². The second-order valence-electron chi connectivity index (χ2n) is 7.08. The normalized spacial score (nSPS) is 38.8. The van der Waals surface area contributed by atoms with E-state index in [9.17, 15) is 5.11 Å². The number of allylic oxidation sites excluding steroid dienone is 3. The molecule has 0 aromatic heterocycles. The van der Waals surface area contributed by atoms with Crippen LogP contribution in [0.15, 0.2) is 28.9 Å². The lowest BCUT2D eigenvalue weighted by Gasteiger charge is -2.56. The smallest absolute Gasteiger partial charge is 0.196 e. The molecule has 1 saturated carbocycles. The molecule has 1 unspecified atom stereocenters. The Morgan fingerprint density at radius 3 is 2.67 bits per heavy atom. The molecule has 1 fully saturated rings. The van der Waals surface area contributed by atoms with Crippen molar-refractivity contribution < 1.29 is 5.11 Å². The van der Waals surface area contributed by atoms with Crippen LogP contribution in [-0.2, 0) is 0 Å². The van der Waals surface area contributed by atoms with E-state index in [1.54, 1.807) is 6.20 Å². The third-order valence-electron chi connectivity index (χ3n) is 5.15. The highest BCUT2D eigenvalue weighted by Gasteiger charge is 2.54. The second-order valence-corrected chi connectivity index (χ2v) is 8.46. The van der Waals surface area contributed by atoms with Gasteiger partial charge in [0.25, 0.3) is 0 Å². The van der Waals surface area contributed by atoms with Gasteiger partial charge in [0.05, 0.1) is 11.5 Å². The minimum atomic E-state index is -0.457. The van der Waals surface area contributed by atoms with Crippen molar-refractivity contribution >= 4 is 39.4 Å². The van der Waals surface area contributed by atoms with Crippen molar-refractivity contribution in [1.82, 2.24) is 0 Å². The Kier molecular flexibility index (Phi) is 5.15. The molecule has 0 aromatic carbocycles. The van der Waals surface area contributed by atoms with E-state index in [1.807, 2.05) is 6.08 Å². The molecule has 5 heteroatoms. The second kappa shape index (κ2) is 6.23. The minimum Gasteiger partial charge on any atom is -0.392 e. The molecule has 2 aliphatic carbocycles. The molecule has 2 aliphatic rings. The van der Waals surface area contributed by atoms with Crippen LogP contribution in [0.2, 0.25) is 0 Å². The topological polar surface area (TPSA) is 32.6 Å². The standard InChI is InChI=1S/C16H22Cl3NO/c1-15(2)12-5-4-10(6-7-20-14(18)19)8-16(12,3)9-11(21)13(15)17/h4,6-7,11-13,21H,5,8-9H2,1-3H3/b7-6+/t11-,12?,13-,16-/m0/s1. The zero-order chi connectivity index (χ0) is 15.8. The van der Waals surface area contributed by atoms with Crippen molar-refractivity contribution in [3.05, 3.63) is 23.9 Å². The molecule has 118 valence electrons. The van der Waals surface area contributed by atoms with E-state index >= 15 is 0 Å². The van der Waals surface area contributed by atoms with Crippen LogP contribution in [0.3, 0.4) is 0 Å². The lowest BCUT2D eigenvalue weighted by atomic mass is 9.51. The zero-order valence-corrected chi connectivity index (χ0v) is 14.9. The first-order chi connectivity index (χ1) is 9.67. The van der Waals surface area contributed by atoms with E-state index < -0.39 is 6.10 Å². The maximum Gasteiger partial charge on any atom is 0.196 e. The number of halogens is 3. The van der Waals surface area contributed by atoms with Crippen molar-refractivity contribution in [3.8, 4) is 0 Å². The van der Waals surface area contributed by atoms with Crippen LogP contribution in [0.1, 0.15) is 40.0 Å². The number of rotatable bonds is 2. The molecule has 2 nitrogen and oxygen atoms in total. The molecule has 21 heavy (non-hydrogen) atoms. The van der Waals surface area contributed by atoms with Gasteiger partial charge in [0.15, 0.2) is 4.63 Å². The van der Waals surface area contributed by atoms with Gasteiger partial charge in [0.2, 0.25) is 0 Å². The van der Waals surface area contributed by atoms with Crippen LogP contribution in [0.25, 0.3) is 0 Å². The first-order valence-electron chi connectivity index (χ1n) is 7.23. The molecule has 1 N–H and O–H groups in total. The van der Waals surface area contributed by atoms with Gasteiger partial charge in [-0.25, -0.2) is 4.99 Å². The molecule has 0 heterocycles. The highest BCUT2D eigenvalue weighted by atomic mass is 35.5. The van der Waals surface area contributed by atoms with Crippen LogP contribution in [0.5, 0.6) is 0 Å². The lowest BCUT2D eigenvalue weighted by molar-refractivity contribution is -0.0656. The van der Waals surface area contributed by atoms with Crippen molar-refractivity contribution in [2.75, 3.05) is 0 Å². The summed E-state index contributed by atoms with van der Waals surface area (Å²) in [7, 11) is 0. The van der Waals surface area contributed by atoms with Crippen molar-refractivity contribution in [2.45, 2.75) is 51.5 Å². The SMILES string of the molecule is CC1(C)C2CC=C(/C=C/N=C(Cl)Cl)C[C@@]2(C)C[C@H](O)[C@@H]1Cl. The number of hydrogen-bond acceptors (Lipinski definition) is 2. The molecule has 0 radical (unpaired) electrons. The number of fused-ring (bicyclic) bond motifs is 1. The highest BCUT2D eigenvalue weighted by molar-refractivity contribution is 6.95. The molecule has 0 aromatic rings. The Morgan fingerprint density at radius 1 is 1.38 bits per heavy atom. The fraction of sp³-hybridized carbons (Fsp3) is 0.688. The van der Waals surface area contributed by atoms with Gasteiger partial charge in [0, 0.05) is 6.20 Å². The van der Waals surface area contributed by atoms with E-state index in [0.717, 1.165) is 19.3 Å². The van der Waals surface area contributed by atoms with Gasteiger partial charge in [-0.05, 0) is 70.9 Å². The fourth-order valence-corrected chi connectivity index (χ4v) is 4.57. The van der Waals surface area contributed by atoms with Gasteiger partial charge in [-0.1, -0.05) is 26.8 Å². The first kappa shape index (κ1) is 17.3. The average Bonchev–Trinajstić information content (AvgIpc) is 2.35. The molecule has 4 atom stereocenters. The van der Waals surface area contributed by atoms with Gasteiger partial charge in [-0.3, -0.25) is 0 Å². The number of aliphatic imine (C=N–C) groups is 1. The summed E-state index contributed by atoms with van der Waals surface area (Å²) in [6.45, 7) is 6.59. The number of nitrogens with zero attached hydrogens (tertiary/aromatic N) is 1. The third kappa shape index (κ3) is 3.50. The van der Waals surface area contributed by atoms with Crippen LogP contribution in [0, 0.1) is 16.7 Å². The lowest BCUT2D eigenvalue weighted by Crippen LogP contribution is -2.55. The van der Waals surface area contributed by atoms with E-state index in [-0.39, 0.29) is 20.8 Å². The Bertz CT molecular complexity index is 494. The molecular formula is C16H22Cl3NO. The summed E-state index contributed by atoms with van der Waals surface area (Å²) in [5.74, 6) is 0.466. The van der Waals surface area contributed by atoms with Gasteiger partial charge >= 0.3 is 0 Å². The third-order valence-corrected chi connectivity index (χ3v) is 6.20. The van der Waals surface area contributed by atoms with E-state index in [2.05, 4.69) is 31.8 Å². The van der Waals surface area contributed by atoms with Crippen LogP contribution in [-0.4, -0.2) is 21.2 Å². The van der Waals surface area contributed by atoms with E-state index in [4.69, 9.17) is 34.8 Å². The fourth-order valence-electron chi connectivity index (χ4n) is 4.22. The first-order valence-corrected chi connectivity index (χ1v) is 8.42. The van der Waals surface area contributed by atoms with Crippen LogP contribution < -0.4 is 0 Å². The van der Waals surface area contributed by atoms with Crippen LogP contribution in [0.4, 0.5) is 0 Å². The average molecular weight is 351 g/mol. The Labute approximate surface area is 141 Å². The summed E-state index contributed by atoms with van der Waals surface area (Å²) in [6, 6.07) is 0. The molecule has 2 rings (SSSR count). The summed E-state index contributed by atoms with van der Waals surface area (Å²) >= 11 is 17.5. The van der Waals surface area contributed by atoms with Gasteiger partial charge in [-0.15, -0.1) is 11.6 Å². The number of alkyl halides is 1. The molecule has 0 bridgehead atoms. The molecule has 0 amide bonds. The zero-order valence-electron chi connectivity index (χ0n) is 12.6. The van der Waals surface area contributed by atoms with Gasteiger partial charge in [0.1, 0.15) is 0 Å². The van der Waals surface area contributed by atoms with E-state index in [1.165, 1.54) is 5.57 Å². The largest absolute Gasteiger partial charge is 0.392 e. The monoisotopic (exact) mass is 349 g/mol. The highest BCUT2D eigenvalue weighted by Crippen LogP contribution is 2.58. The summed E-state index contributed by atoms with van der Waals surface area (Å²) in [4.78, 5) is 3.86. The molecule has 0 saturated heterocycles. The molecule has 0 spiro atoms. The maximum absolute atomic E-state index is 10.3. The number of hydrogen-bond donors (Lipinski definition) is 1. The molecular weight excluding hydrogens is 329 g/mol. The van der Waals surface area contributed by atoms with Crippen LogP contribution >= 0.6 is 34.8 Å². The molecule has 0 aliphatic heterocycles. The quantitative estimate of drug-likeness (QED) is 0.547. The Morgan fingerprint density at radius 2 is 2.05 bits per heavy atom. The minimum absolute atomic E-state index is 0.00551. The summed E-state index contributed by atoms with van der Waals surface area (Å²) < 4.78 is 0.00551. The predicted octanol–water partition coefficient (Wildman–Crippen LogP) is 5.07. The predicted molar refractivity (Wildman–Crippen MR) is 91.2 cm³/mol. The Balaban J connectivity index is 2.24. The van der Waals surface area contributed by atoms with E-state index in [0.29, 0.717) is 5.92 Å². The van der Waals surface area contributed by atoms with Gasteiger partial charge < -0.3 is 5.11 Å². The summed E-state index contributed by atoms with van der Waals surface area (Å²) in [5, 5.41) is 10.1. The number of aliphatic hydroxyl groups is 1. The van der Waals surface area contributed by atoms with Crippen molar-refractivity contribution in [1.29, 1.82) is 0 Å². The summed E-state index contributed by atoms with van der Waals surface area (Å²) in [6.07, 6.45) is 7.97. The van der Waals surface area contributed by atoms with Crippen molar-refractivity contribution in [3.63, 3.8) is 0 Å².